The summed E-state index contributed by atoms with van der Waals surface area (Å²) in [6.45, 7) is -0.205. The summed E-state index contributed by atoms with van der Waals surface area (Å²) in [6.07, 6.45) is 1.54. The fourth-order valence-corrected chi connectivity index (χ4v) is 3.95. The van der Waals surface area contributed by atoms with E-state index in [9.17, 15) is 14.4 Å². The molecule has 0 radical (unpaired) electrons. The SMILES string of the molecule is NC(=O)COc1ccccc1C=C1SC(=O)N(Cc2cc3c(cc2Cl)OCO3)C1=O. The number of thioether (sulfide) groups is 1. The van der Waals surface area contributed by atoms with Crippen LogP contribution in [0.2, 0.25) is 5.02 Å². The smallest absolute Gasteiger partial charge is 0.293 e. The van der Waals surface area contributed by atoms with Crippen molar-refractivity contribution in [3.8, 4) is 17.2 Å². The highest BCUT2D eigenvalue weighted by Crippen LogP contribution is 2.39. The molecule has 154 valence electrons. The van der Waals surface area contributed by atoms with Crippen molar-refractivity contribution in [1.82, 2.24) is 4.90 Å². The summed E-state index contributed by atoms with van der Waals surface area (Å²) in [5.41, 5.74) is 6.23. The maximum absolute atomic E-state index is 12.8. The minimum absolute atomic E-state index is 0.00268. The minimum Gasteiger partial charge on any atom is -0.483 e. The van der Waals surface area contributed by atoms with Crippen molar-refractivity contribution in [2.45, 2.75) is 6.54 Å². The molecule has 0 spiro atoms. The van der Waals surface area contributed by atoms with E-state index in [1.807, 2.05) is 0 Å². The number of carbonyl (C=O) groups excluding carboxylic acids is 3. The molecule has 2 aliphatic rings. The first kappa shape index (κ1) is 20.1. The molecule has 1 saturated heterocycles. The van der Waals surface area contributed by atoms with Crippen LogP contribution in [0.1, 0.15) is 11.1 Å². The molecule has 4 rings (SSSR count). The Morgan fingerprint density at radius 1 is 1.23 bits per heavy atom. The van der Waals surface area contributed by atoms with Crippen molar-refractivity contribution in [2.75, 3.05) is 13.4 Å². The Kier molecular flexibility index (Phi) is 5.56. The quantitative estimate of drug-likeness (QED) is 0.679. The van der Waals surface area contributed by atoms with Crippen LogP contribution in [0, 0.1) is 0 Å². The van der Waals surface area contributed by atoms with Crippen LogP contribution < -0.4 is 19.9 Å². The normalized spacial score (nSPS) is 16.4. The largest absolute Gasteiger partial charge is 0.483 e. The molecule has 8 nitrogen and oxygen atoms in total. The molecule has 1 fully saturated rings. The standard InChI is InChI=1S/C20H15ClN2O6S/c21-13-7-16-15(28-10-29-16)5-12(13)8-23-19(25)17(30-20(23)26)6-11-3-1-2-4-14(11)27-9-18(22)24/h1-7H,8-10H2,(H2,22,24). The molecule has 3 amide bonds. The molecule has 30 heavy (non-hydrogen) atoms. The van der Waals surface area contributed by atoms with Crippen molar-refractivity contribution >= 4 is 46.5 Å². The number of imide groups is 1. The predicted molar refractivity (Wildman–Crippen MR) is 110 cm³/mol. The van der Waals surface area contributed by atoms with Crippen molar-refractivity contribution in [3.05, 3.63) is 57.5 Å². The molecular weight excluding hydrogens is 432 g/mol. The average molecular weight is 447 g/mol. The molecular formula is C20H15ClN2O6S. The highest BCUT2D eigenvalue weighted by molar-refractivity contribution is 8.18. The van der Waals surface area contributed by atoms with Gasteiger partial charge in [-0.1, -0.05) is 29.8 Å². The molecule has 2 aliphatic heterocycles. The van der Waals surface area contributed by atoms with E-state index in [-0.39, 0.29) is 24.8 Å². The lowest BCUT2D eigenvalue weighted by Gasteiger charge is -2.14. The number of primary amides is 1. The first-order valence-corrected chi connectivity index (χ1v) is 9.95. The van der Waals surface area contributed by atoms with E-state index in [2.05, 4.69) is 0 Å². The maximum atomic E-state index is 12.8. The van der Waals surface area contributed by atoms with Crippen LogP contribution in [0.4, 0.5) is 4.79 Å². The minimum atomic E-state index is -0.620. The Labute approximate surface area is 180 Å². The Bertz CT molecular complexity index is 1090. The van der Waals surface area contributed by atoms with Crippen LogP contribution in [-0.2, 0) is 16.1 Å². The lowest BCUT2D eigenvalue weighted by Crippen LogP contribution is -2.27. The van der Waals surface area contributed by atoms with E-state index in [1.165, 1.54) is 0 Å². The van der Waals surface area contributed by atoms with Gasteiger partial charge in [0.25, 0.3) is 17.1 Å². The summed E-state index contributed by atoms with van der Waals surface area (Å²) in [4.78, 5) is 37.6. The van der Waals surface area contributed by atoms with Crippen LogP contribution in [0.3, 0.4) is 0 Å². The number of rotatable bonds is 6. The molecule has 0 atom stereocenters. The highest BCUT2D eigenvalue weighted by Gasteiger charge is 2.36. The predicted octanol–water partition coefficient (Wildman–Crippen LogP) is 3.17. The summed E-state index contributed by atoms with van der Waals surface area (Å²) >= 11 is 7.08. The molecule has 10 heteroatoms. The zero-order chi connectivity index (χ0) is 21.3. The summed E-state index contributed by atoms with van der Waals surface area (Å²) in [6, 6.07) is 10.1. The van der Waals surface area contributed by atoms with Gasteiger partial charge in [-0.15, -0.1) is 0 Å². The van der Waals surface area contributed by atoms with Gasteiger partial charge in [0.05, 0.1) is 11.4 Å². The van der Waals surface area contributed by atoms with Crippen LogP contribution in [0.25, 0.3) is 6.08 Å². The molecule has 0 saturated carbocycles. The van der Waals surface area contributed by atoms with Crippen LogP contribution in [0.5, 0.6) is 17.2 Å². The van der Waals surface area contributed by atoms with Gasteiger partial charge in [-0.25, -0.2) is 0 Å². The Balaban J connectivity index is 1.56. The van der Waals surface area contributed by atoms with E-state index < -0.39 is 17.1 Å². The van der Waals surface area contributed by atoms with Crippen LogP contribution in [-0.4, -0.2) is 35.4 Å². The van der Waals surface area contributed by atoms with Gasteiger partial charge < -0.3 is 19.9 Å². The number of para-hydroxylation sites is 1. The van der Waals surface area contributed by atoms with E-state index in [1.54, 1.807) is 42.5 Å². The topological polar surface area (TPSA) is 108 Å². The van der Waals surface area contributed by atoms with E-state index >= 15 is 0 Å². The molecule has 2 N–H and O–H groups in total. The number of nitrogens with zero attached hydrogens (tertiary/aromatic N) is 1. The van der Waals surface area contributed by atoms with Gasteiger partial charge in [-0.05, 0) is 35.5 Å². The Hall–Kier alpha value is -3.17. The lowest BCUT2D eigenvalue weighted by atomic mass is 10.1. The van der Waals surface area contributed by atoms with Gasteiger partial charge in [-0.3, -0.25) is 19.3 Å². The average Bonchev–Trinajstić information content (AvgIpc) is 3.26. The number of carbonyl (C=O) groups is 3. The molecule has 0 bridgehead atoms. The Morgan fingerprint density at radius 2 is 1.97 bits per heavy atom. The second-order valence-corrected chi connectivity index (χ2v) is 7.76. The maximum Gasteiger partial charge on any atom is 0.293 e. The number of ether oxygens (including phenoxy) is 3. The Morgan fingerprint density at radius 3 is 2.73 bits per heavy atom. The highest BCUT2D eigenvalue weighted by atomic mass is 35.5. The van der Waals surface area contributed by atoms with Crippen molar-refractivity contribution in [2.24, 2.45) is 5.73 Å². The third kappa shape index (κ3) is 4.07. The number of hydrogen-bond acceptors (Lipinski definition) is 7. The zero-order valence-corrected chi connectivity index (χ0v) is 17.0. The molecule has 0 unspecified atom stereocenters. The van der Waals surface area contributed by atoms with E-state index in [0.29, 0.717) is 33.4 Å². The number of hydrogen-bond donors (Lipinski definition) is 1. The van der Waals surface area contributed by atoms with E-state index in [4.69, 9.17) is 31.5 Å². The van der Waals surface area contributed by atoms with Gasteiger partial charge in [0, 0.05) is 16.7 Å². The van der Waals surface area contributed by atoms with Gasteiger partial charge in [0.1, 0.15) is 5.75 Å². The molecule has 2 aromatic rings. The second kappa shape index (κ2) is 8.29. The van der Waals surface area contributed by atoms with Gasteiger partial charge in [0.2, 0.25) is 6.79 Å². The molecule has 2 heterocycles. The molecule has 0 aliphatic carbocycles. The second-order valence-electron chi connectivity index (χ2n) is 6.36. The summed E-state index contributed by atoms with van der Waals surface area (Å²) in [7, 11) is 0. The fourth-order valence-electron chi connectivity index (χ4n) is 2.91. The number of nitrogens with two attached hydrogens (primary N) is 1. The van der Waals surface area contributed by atoms with Crippen molar-refractivity contribution in [3.63, 3.8) is 0 Å². The molecule has 0 aromatic heterocycles. The van der Waals surface area contributed by atoms with Gasteiger partial charge >= 0.3 is 0 Å². The van der Waals surface area contributed by atoms with Crippen LogP contribution >= 0.6 is 23.4 Å². The zero-order valence-electron chi connectivity index (χ0n) is 15.4. The van der Waals surface area contributed by atoms with Crippen molar-refractivity contribution < 1.29 is 28.6 Å². The third-order valence-corrected chi connectivity index (χ3v) is 5.58. The lowest BCUT2D eigenvalue weighted by molar-refractivity contribution is -0.123. The first-order valence-electron chi connectivity index (χ1n) is 8.76. The summed E-state index contributed by atoms with van der Waals surface area (Å²) in [5.74, 6) is 0.332. The number of amides is 3. The first-order chi connectivity index (χ1) is 14.4. The van der Waals surface area contributed by atoms with Crippen LogP contribution in [0.15, 0.2) is 41.3 Å². The molecule has 2 aromatic carbocycles. The summed E-state index contributed by atoms with van der Waals surface area (Å²) in [5, 5.41) is -0.0528. The van der Waals surface area contributed by atoms with E-state index in [0.717, 1.165) is 16.7 Å². The monoisotopic (exact) mass is 446 g/mol. The number of halogens is 1. The van der Waals surface area contributed by atoms with Gasteiger partial charge in [-0.2, -0.15) is 0 Å². The van der Waals surface area contributed by atoms with Crippen molar-refractivity contribution in [1.29, 1.82) is 0 Å². The summed E-state index contributed by atoms with van der Waals surface area (Å²) < 4.78 is 16.0. The number of benzene rings is 2. The van der Waals surface area contributed by atoms with Gasteiger partial charge in [0.15, 0.2) is 18.1 Å². The number of fused-ring (bicyclic) bond motifs is 1. The fraction of sp³-hybridized carbons (Fsp3) is 0.150. The third-order valence-electron chi connectivity index (χ3n) is 4.32.